The van der Waals surface area contributed by atoms with E-state index in [1.165, 1.54) is 89.9 Å². The van der Waals surface area contributed by atoms with Crippen LogP contribution >= 0.6 is 0 Å². The molecule has 1 aliphatic heterocycles. The lowest BCUT2D eigenvalue weighted by Gasteiger charge is -2.39. The fourth-order valence-corrected chi connectivity index (χ4v) is 6.48. The first-order valence-corrected chi connectivity index (χ1v) is 21.3. The Hall–Kier alpha value is -1.56. The normalized spacial score (nSPS) is 21.1. The second-order valence-electron chi connectivity index (χ2n) is 14.8. The molecule has 6 atom stereocenters. The molecule has 306 valence electrons. The highest BCUT2D eigenvalue weighted by atomic mass is 16.7. The molecule has 1 fully saturated rings. The quantitative estimate of drug-likeness (QED) is 0.0283. The highest BCUT2D eigenvalue weighted by molar-refractivity contribution is 5.70. The fourth-order valence-electron chi connectivity index (χ4n) is 6.48. The van der Waals surface area contributed by atoms with Crippen LogP contribution in [0, 0.1) is 0 Å². The molecule has 4 N–H and O–H groups in total. The van der Waals surface area contributed by atoms with Gasteiger partial charge in [-0.05, 0) is 32.1 Å². The summed E-state index contributed by atoms with van der Waals surface area (Å²) in [6.45, 7) is 3.36. The minimum absolute atomic E-state index is 0.216. The molecule has 6 unspecified atom stereocenters. The first kappa shape index (κ1) is 48.5. The molecule has 1 heterocycles. The molecule has 0 aromatic heterocycles. The number of ether oxygens (including phenoxy) is 4. The van der Waals surface area contributed by atoms with Crippen molar-refractivity contribution in [3.63, 3.8) is 0 Å². The number of aliphatic hydroxyl groups excluding tert-OH is 4. The third kappa shape index (κ3) is 25.5. The van der Waals surface area contributed by atoms with Gasteiger partial charge in [0.25, 0.3) is 0 Å². The van der Waals surface area contributed by atoms with Gasteiger partial charge in [-0.3, -0.25) is 9.59 Å². The summed E-state index contributed by atoms with van der Waals surface area (Å²) in [5.41, 5.74) is 0. The van der Waals surface area contributed by atoms with Crippen molar-refractivity contribution in [3.8, 4) is 0 Å². The zero-order chi connectivity index (χ0) is 38.1. The number of carbonyl (C=O) groups is 2. The summed E-state index contributed by atoms with van der Waals surface area (Å²) < 4.78 is 22.1. The lowest BCUT2D eigenvalue weighted by Crippen LogP contribution is -2.59. The minimum Gasteiger partial charge on any atom is -0.462 e. The summed E-state index contributed by atoms with van der Waals surface area (Å²) in [7, 11) is 0. The maximum Gasteiger partial charge on any atom is 0.306 e. The molecule has 0 bridgehead atoms. The predicted octanol–water partition coefficient (Wildman–Crippen LogP) is 8.39. The second-order valence-corrected chi connectivity index (χ2v) is 14.8. The highest BCUT2D eigenvalue weighted by Gasteiger charge is 2.44. The van der Waals surface area contributed by atoms with Crippen molar-refractivity contribution in [1.29, 1.82) is 0 Å². The van der Waals surface area contributed by atoms with Crippen LogP contribution in [0.1, 0.15) is 187 Å². The molecule has 0 aromatic rings. The third-order valence-corrected chi connectivity index (χ3v) is 9.88. The smallest absolute Gasteiger partial charge is 0.306 e. The Bertz CT molecular complexity index is 866. The van der Waals surface area contributed by atoms with E-state index >= 15 is 0 Å². The Morgan fingerprint density at radius 2 is 1.06 bits per heavy atom. The molecule has 0 amide bonds. The second kappa shape index (κ2) is 34.0. The summed E-state index contributed by atoms with van der Waals surface area (Å²) >= 11 is 0. The van der Waals surface area contributed by atoms with E-state index in [9.17, 15) is 30.0 Å². The number of allylic oxidation sites excluding steroid dienone is 2. The van der Waals surface area contributed by atoms with Gasteiger partial charge in [0.2, 0.25) is 0 Å². The Labute approximate surface area is 316 Å². The van der Waals surface area contributed by atoms with E-state index in [4.69, 9.17) is 18.9 Å². The molecule has 0 spiro atoms. The van der Waals surface area contributed by atoms with E-state index in [2.05, 4.69) is 26.0 Å². The van der Waals surface area contributed by atoms with Gasteiger partial charge in [0.05, 0.1) is 13.2 Å². The van der Waals surface area contributed by atoms with Crippen LogP contribution in [-0.4, -0.2) is 89.0 Å². The summed E-state index contributed by atoms with van der Waals surface area (Å²) in [5, 5.41) is 39.9. The molecule has 1 rings (SSSR count). The van der Waals surface area contributed by atoms with Gasteiger partial charge >= 0.3 is 11.9 Å². The number of unbranched alkanes of at least 4 members (excludes halogenated alkanes) is 22. The van der Waals surface area contributed by atoms with Gasteiger partial charge in [-0.1, -0.05) is 154 Å². The lowest BCUT2D eigenvalue weighted by atomic mass is 9.99. The van der Waals surface area contributed by atoms with Crippen molar-refractivity contribution in [2.24, 2.45) is 0 Å². The third-order valence-electron chi connectivity index (χ3n) is 9.88. The molecule has 10 heteroatoms. The Kier molecular flexibility index (Phi) is 31.7. The van der Waals surface area contributed by atoms with E-state index in [-0.39, 0.29) is 32.0 Å². The average molecular weight is 743 g/mol. The lowest BCUT2D eigenvalue weighted by molar-refractivity contribution is -0.305. The summed E-state index contributed by atoms with van der Waals surface area (Å²) in [5.74, 6) is -0.812. The van der Waals surface area contributed by atoms with Crippen LogP contribution in [0.3, 0.4) is 0 Å². The minimum atomic E-state index is -1.59. The molecule has 0 aliphatic carbocycles. The van der Waals surface area contributed by atoms with Crippen LogP contribution in [0.15, 0.2) is 12.2 Å². The molecule has 0 aromatic carbocycles. The molecule has 1 saturated heterocycles. The molecular formula is C42H78O10. The summed E-state index contributed by atoms with van der Waals surface area (Å²) in [6.07, 6.45) is 26.6. The number of rotatable bonds is 35. The average Bonchev–Trinajstić information content (AvgIpc) is 3.14. The van der Waals surface area contributed by atoms with Crippen molar-refractivity contribution in [1.82, 2.24) is 0 Å². The monoisotopic (exact) mass is 743 g/mol. The van der Waals surface area contributed by atoms with E-state index < -0.39 is 49.4 Å². The zero-order valence-electron chi connectivity index (χ0n) is 33.1. The molecule has 1 aliphatic rings. The number of carbonyl (C=O) groups excluding carboxylic acids is 2. The van der Waals surface area contributed by atoms with Crippen molar-refractivity contribution < 1.29 is 49.0 Å². The first-order valence-electron chi connectivity index (χ1n) is 21.3. The van der Waals surface area contributed by atoms with Gasteiger partial charge in [-0.25, -0.2) is 0 Å². The summed E-state index contributed by atoms with van der Waals surface area (Å²) in [4.78, 5) is 25.2. The van der Waals surface area contributed by atoms with Crippen LogP contribution in [-0.2, 0) is 28.5 Å². The number of aliphatic hydroxyl groups is 4. The van der Waals surface area contributed by atoms with Crippen molar-refractivity contribution in [3.05, 3.63) is 12.2 Å². The predicted molar refractivity (Wildman–Crippen MR) is 206 cm³/mol. The van der Waals surface area contributed by atoms with E-state index in [0.717, 1.165) is 64.2 Å². The van der Waals surface area contributed by atoms with Crippen LogP contribution < -0.4 is 0 Å². The SMILES string of the molecule is CCC/C=C\CCCCCCCC(=O)OC(COC(=O)CCCCCCCCCCCCCCCCCCC)COC1OC(CO)C(O)C(O)C1O. The number of hydrogen-bond donors (Lipinski definition) is 4. The topological polar surface area (TPSA) is 152 Å². The van der Waals surface area contributed by atoms with Gasteiger partial charge in [0, 0.05) is 12.8 Å². The largest absolute Gasteiger partial charge is 0.462 e. The Morgan fingerprint density at radius 3 is 1.58 bits per heavy atom. The van der Waals surface area contributed by atoms with Gasteiger partial charge < -0.3 is 39.4 Å². The standard InChI is InChI=1S/C42H78O10/c1-3-5-7-9-11-13-15-16-17-18-19-20-21-23-24-26-28-30-37(44)49-33-35(34-50-42-41(48)40(47)39(46)36(32-43)52-42)51-38(45)31-29-27-25-22-14-12-10-8-6-4-2/h8,10,35-36,39-43,46-48H,3-7,9,11-34H2,1-2H3/b10-8-. The van der Waals surface area contributed by atoms with Crippen molar-refractivity contribution in [2.45, 2.75) is 224 Å². The molecule has 0 radical (unpaired) electrons. The maximum atomic E-state index is 12.7. The molecule has 0 saturated carbocycles. The van der Waals surface area contributed by atoms with Gasteiger partial charge in [-0.15, -0.1) is 0 Å². The van der Waals surface area contributed by atoms with Crippen LogP contribution in [0.2, 0.25) is 0 Å². The molecular weight excluding hydrogens is 664 g/mol. The summed E-state index contributed by atoms with van der Waals surface area (Å²) in [6, 6.07) is 0. The Balaban J connectivity index is 2.31. The van der Waals surface area contributed by atoms with Crippen LogP contribution in [0.25, 0.3) is 0 Å². The maximum absolute atomic E-state index is 12.7. The number of hydrogen-bond acceptors (Lipinski definition) is 10. The highest BCUT2D eigenvalue weighted by Crippen LogP contribution is 2.23. The molecule has 10 nitrogen and oxygen atoms in total. The Morgan fingerprint density at radius 1 is 0.577 bits per heavy atom. The van der Waals surface area contributed by atoms with E-state index in [0.29, 0.717) is 6.42 Å². The zero-order valence-corrected chi connectivity index (χ0v) is 33.1. The van der Waals surface area contributed by atoms with Crippen molar-refractivity contribution in [2.75, 3.05) is 19.8 Å². The molecule has 52 heavy (non-hydrogen) atoms. The van der Waals surface area contributed by atoms with E-state index in [1.807, 2.05) is 0 Å². The van der Waals surface area contributed by atoms with Crippen molar-refractivity contribution >= 4 is 11.9 Å². The first-order chi connectivity index (χ1) is 25.3. The van der Waals surface area contributed by atoms with E-state index in [1.54, 1.807) is 0 Å². The van der Waals surface area contributed by atoms with Crippen LogP contribution in [0.5, 0.6) is 0 Å². The van der Waals surface area contributed by atoms with Gasteiger partial charge in [0.1, 0.15) is 31.0 Å². The fraction of sp³-hybridized carbons (Fsp3) is 0.905. The number of esters is 2. The van der Waals surface area contributed by atoms with Gasteiger partial charge in [-0.2, -0.15) is 0 Å². The van der Waals surface area contributed by atoms with Crippen LogP contribution in [0.4, 0.5) is 0 Å². The van der Waals surface area contributed by atoms with Gasteiger partial charge in [0.15, 0.2) is 12.4 Å².